The quantitative estimate of drug-likeness (QED) is 0.477. The van der Waals surface area contributed by atoms with Crippen LogP contribution in [0.1, 0.15) is 37.7 Å². The van der Waals surface area contributed by atoms with E-state index in [0.717, 1.165) is 5.56 Å². The number of benzene rings is 2. The highest BCUT2D eigenvalue weighted by atomic mass is 32.2. The fraction of sp³-hybridized carbons (Fsp3) is 0.150. The minimum absolute atomic E-state index is 0.0706. The van der Waals surface area contributed by atoms with Gasteiger partial charge in [-0.25, -0.2) is 8.42 Å². The maximum atomic E-state index is 12.7. The summed E-state index contributed by atoms with van der Waals surface area (Å²) in [6.45, 7) is 5.18. The number of hydrogen-bond donors (Lipinski definition) is 4. The zero-order valence-corrected chi connectivity index (χ0v) is 17.4. The molecule has 0 saturated carbocycles. The van der Waals surface area contributed by atoms with E-state index in [1.807, 2.05) is 13.0 Å². The van der Waals surface area contributed by atoms with E-state index in [-0.39, 0.29) is 21.8 Å². The number of aromatic amines is 1. The Morgan fingerprint density at radius 3 is 2.33 bits per heavy atom. The first kappa shape index (κ1) is 21.1. The number of hydrogen-bond acceptors (Lipinski definition) is 5. The number of carbonyl (C=O) groups excluding carboxylic acids is 2. The summed E-state index contributed by atoms with van der Waals surface area (Å²) < 4.78 is 27.9. The third-order valence-corrected chi connectivity index (χ3v) is 5.97. The highest BCUT2D eigenvalue weighted by molar-refractivity contribution is 7.92. The SMILES string of the molecule is Cc1ccc(C)c(S(=O)(=O)Nc2ccc(C(=O)Nc3c(C(N)=O)n[nH]c3C)cc2)c1. The third kappa shape index (κ3) is 4.33. The normalized spacial score (nSPS) is 11.2. The molecule has 0 spiro atoms. The first-order valence-electron chi connectivity index (χ1n) is 8.95. The number of nitrogens with one attached hydrogen (secondary N) is 3. The van der Waals surface area contributed by atoms with Gasteiger partial charge in [-0.3, -0.25) is 19.4 Å². The van der Waals surface area contributed by atoms with Gasteiger partial charge in [-0.15, -0.1) is 0 Å². The van der Waals surface area contributed by atoms with Crippen molar-refractivity contribution in [2.75, 3.05) is 10.0 Å². The number of aryl methyl sites for hydroxylation is 3. The fourth-order valence-electron chi connectivity index (χ4n) is 2.84. The highest BCUT2D eigenvalue weighted by Gasteiger charge is 2.19. The lowest BCUT2D eigenvalue weighted by Gasteiger charge is -2.12. The van der Waals surface area contributed by atoms with Crippen LogP contribution in [-0.2, 0) is 10.0 Å². The number of H-pyrrole nitrogens is 1. The fourth-order valence-corrected chi connectivity index (χ4v) is 4.23. The second-order valence-corrected chi connectivity index (χ2v) is 8.49. The molecule has 1 aromatic heterocycles. The van der Waals surface area contributed by atoms with Gasteiger partial charge in [0.15, 0.2) is 5.69 Å². The van der Waals surface area contributed by atoms with Gasteiger partial charge in [-0.05, 0) is 62.2 Å². The average molecular weight is 427 g/mol. The van der Waals surface area contributed by atoms with Gasteiger partial charge in [-0.1, -0.05) is 12.1 Å². The Morgan fingerprint density at radius 1 is 1.03 bits per heavy atom. The van der Waals surface area contributed by atoms with E-state index in [4.69, 9.17) is 5.73 Å². The van der Waals surface area contributed by atoms with Crippen LogP contribution in [-0.4, -0.2) is 30.4 Å². The second kappa shape index (κ2) is 7.99. The van der Waals surface area contributed by atoms with Crippen molar-refractivity contribution in [2.45, 2.75) is 25.7 Å². The van der Waals surface area contributed by atoms with E-state index in [9.17, 15) is 18.0 Å². The van der Waals surface area contributed by atoms with E-state index in [1.165, 1.54) is 24.3 Å². The number of aromatic nitrogens is 2. The smallest absolute Gasteiger partial charge is 0.271 e. The summed E-state index contributed by atoms with van der Waals surface area (Å²) in [5, 5.41) is 8.95. The summed E-state index contributed by atoms with van der Waals surface area (Å²) in [6, 6.07) is 11.1. The number of rotatable bonds is 6. The minimum Gasteiger partial charge on any atom is -0.364 e. The van der Waals surface area contributed by atoms with E-state index in [0.29, 0.717) is 16.9 Å². The first-order chi connectivity index (χ1) is 14.1. The van der Waals surface area contributed by atoms with Crippen molar-refractivity contribution in [1.29, 1.82) is 0 Å². The summed E-state index contributed by atoms with van der Waals surface area (Å²) in [7, 11) is -3.78. The molecule has 2 aromatic carbocycles. The van der Waals surface area contributed by atoms with Crippen molar-refractivity contribution in [1.82, 2.24) is 10.2 Å². The Morgan fingerprint density at radius 2 is 1.70 bits per heavy atom. The Hall–Kier alpha value is -3.66. The highest BCUT2D eigenvalue weighted by Crippen LogP contribution is 2.22. The Kier molecular flexibility index (Phi) is 5.61. The van der Waals surface area contributed by atoms with Gasteiger partial charge in [0.25, 0.3) is 21.8 Å². The topological polar surface area (TPSA) is 147 Å². The maximum Gasteiger partial charge on any atom is 0.271 e. The zero-order chi connectivity index (χ0) is 22.1. The van der Waals surface area contributed by atoms with Gasteiger partial charge < -0.3 is 11.1 Å². The van der Waals surface area contributed by atoms with E-state index >= 15 is 0 Å². The van der Waals surface area contributed by atoms with Crippen LogP contribution in [0.4, 0.5) is 11.4 Å². The van der Waals surface area contributed by atoms with Gasteiger partial charge in [0.1, 0.15) is 0 Å². The van der Waals surface area contributed by atoms with Crippen LogP contribution < -0.4 is 15.8 Å². The lowest BCUT2D eigenvalue weighted by Crippen LogP contribution is -2.18. The van der Waals surface area contributed by atoms with Crippen LogP contribution in [0.2, 0.25) is 0 Å². The Balaban J connectivity index is 1.78. The maximum absolute atomic E-state index is 12.7. The Labute approximate surface area is 173 Å². The summed E-state index contributed by atoms with van der Waals surface area (Å²) >= 11 is 0. The van der Waals surface area contributed by atoms with Crippen LogP contribution in [0.15, 0.2) is 47.4 Å². The number of nitrogens with two attached hydrogens (primary N) is 1. The molecule has 3 rings (SSSR count). The molecule has 0 saturated heterocycles. The molecule has 0 fully saturated rings. The molecule has 0 aliphatic rings. The van der Waals surface area contributed by atoms with Crippen molar-refractivity contribution < 1.29 is 18.0 Å². The molecule has 2 amide bonds. The van der Waals surface area contributed by atoms with Crippen LogP contribution in [0, 0.1) is 20.8 Å². The number of primary amides is 1. The molecule has 0 aliphatic carbocycles. The van der Waals surface area contributed by atoms with Crippen molar-refractivity contribution >= 4 is 33.2 Å². The number of amides is 2. The number of nitrogens with zero attached hydrogens (tertiary/aromatic N) is 1. The van der Waals surface area contributed by atoms with Crippen molar-refractivity contribution in [3.8, 4) is 0 Å². The molecule has 10 heteroatoms. The molecule has 3 aromatic rings. The van der Waals surface area contributed by atoms with Crippen molar-refractivity contribution in [3.63, 3.8) is 0 Å². The first-order valence-corrected chi connectivity index (χ1v) is 10.4. The Bertz CT molecular complexity index is 1230. The van der Waals surface area contributed by atoms with Gasteiger partial charge in [0, 0.05) is 11.3 Å². The zero-order valence-electron chi connectivity index (χ0n) is 16.6. The minimum atomic E-state index is -3.78. The molecule has 0 unspecified atom stereocenters. The number of carbonyl (C=O) groups is 2. The largest absolute Gasteiger partial charge is 0.364 e. The lowest BCUT2D eigenvalue weighted by molar-refractivity contribution is 0.0996. The van der Waals surface area contributed by atoms with E-state index in [2.05, 4.69) is 20.2 Å². The molecule has 0 bridgehead atoms. The van der Waals surface area contributed by atoms with Crippen LogP contribution >= 0.6 is 0 Å². The predicted octanol–water partition coefficient (Wildman–Crippen LogP) is 2.49. The summed E-state index contributed by atoms with van der Waals surface area (Å²) in [6.07, 6.45) is 0. The van der Waals surface area contributed by atoms with Crippen LogP contribution in [0.25, 0.3) is 0 Å². The van der Waals surface area contributed by atoms with Crippen LogP contribution in [0.3, 0.4) is 0 Å². The number of sulfonamides is 1. The van der Waals surface area contributed by atoms with Crippen molar-refractivity contribution in [3.05, 3.63) is 70.5 Å². The monoisotopic (exact) mass is 427 g/mol. The number of anilines is 2. The third-order valence-electron chi connectivity index (χ3n) is 4.45. The summed E-state index contributed by atoms with van der Waals surface area (Å²) in [5.41, 5.74) is 7.90. The van der Waals surface area contributed by atoms with E-state index < -0.39 is 21.8 Å². The van der Waals surface area contributed by atoms with Gasteiger partial charge in [0.05, 0.1) is 16.3 Å². The predicted molar refractivity (Wildman–Crippen MR) is 113 cm³/mol. The molecule has 0 atom stereocenters. The molecular formula is C20H21N5O4S. The summed E-state index contributed by atoms with van der Waals surface area (Å²) in [4.78, 5) is 24.1. The molecule has 9 nitrogen and oxygen atoms in total. The van der Waals surface area contributed by atoms with Crippen molar-refractivity contribution in [2.24, 2.45) is 5.73 Å². The molecule has 5 N–H and O–H groups in total. The average Bonchev–Trinajstić information content (AvgIpc) is 3.04. The molecule has 156 valence electrons. The summed E-state index contributed by atoms with van der Waals surface area (Å²) in [5.74, 6) is -1.27. The van der Waals surface area contributed by atoms with Crippen LogP contribution in [0.5, 0.6) is 0 Å². The van der Waals surface area contributed by atoms with Gasteiger partial charge in [-0.2, -0.15) is 5.10 Å². The molecule has 0 radical (unpaired) electrons. The van der Waals surface area contributed by atoms with Gasteiger partial charge >= 0.3 is 0 Å². The lowest BCUT2D eigenvalue weighted by atomic mass is 10.2. The standard InChI is InChI=1S/C20H21N5O4S/c1-11-4-5-12(2)16(10-11)30(28,29)25-15-8-6-14(7-9-15)20(27)22-17-13(3)23-24-18(17)19(21)26/h4-10,25H,1-3H3,(H2,21,26)(H,22,27)(H,23,24). The molecule has 1 heterocycles. The molecule has 0 aliphatic heterocycles. The molecule has 30 heavy (non-hydrogen) atoms. The van der Waals surface area contributed by atoms with E-state index in [1.54, 1.807) is 26.0 Å². The van der Waals surface area contributed by atoms with Gasteiger partial charge in [0.2, 0.25) is 0 Å². The second-order valence-electron chi connectivity index (χ2n) is 6.84. The molecular weight excluding hydrogens is 406 g/mol.